The molecule has 0 bridgehead atoms. The van der Waals surface area contributed by atoms with E-state index in [0.717, 1.165) is 0 Å². The summed E-state index contributed by atoms with van der Waals surface area (Å²) in [6, 6.07) is 4.96. The second-order valence-corrected chi connectivity index (χ2v) is 15.2. The minimum atomic E-state index is -1.22. The molecule has 3 nitrogen and oxygen atoms in total. The average molecular weight is 237 g/mol. The average Bonchev–Trinajstić information content (AvgIpc) is 2.37. The zero-order valence-corrected chi connectivity index (χ0v) is 12.0. The maximum atomic E-state index is 4.01. The molecular formula is C10H19N3Si2. The number of hydrogen-bond donors (Lipinski definition) is 0. The standard InChI is InChI=1S/C10H19N3Si2/c1-14(2)7-8-15(3,4)13(14)10-5-6-11-12-9-10/h5-6,9H,7-8H2,1-4H3. The van der Waals surface area contributed by atoms with Crippen molar-refractivity contribution in [2.45, 2.75) is 38.3 Å². The maximum Gasteiger partial charge on any atom is 0.141 e. The van der Waals surface area contributed by atoms with Gasteiger partial charge in [-0.2, -0.15) is 10.2 Å². The molecule has 0 atom stereocenters. The highest BCUT2D eigenvalue weighted by molar-refractivity contribution is 7.04. The second kappa shape index (κ2) is 3.41. The monoisotopic (exact) mass is 237 g/mol. The molecule has 1 saturated heterocycles. The van der Waals surface area contributed by atoms with E-state index in [9.17, 15) is 0 Å². The van der Waals surface area contributed by atoms with Gasteiger partial charge >= 0.3 is 0 Å². The normalized spacial score (nSPS) is 23.1. The fourth-order valence-electron chi connectivity index (χ4n) is 2.77. The van der Waals surface area contributed by atoms with Crippen LogP contribution in [0.15, 0.2) is 18.5 Å². The van der Waals surface area contributed by atoms with Crippen LogP contribution in [0.5, 0.6) is 0 Å². The van der Waals surface area contributed by atoms with Gasteiger partial charge in [-0.25, -0.2) is 0 Å². The molecule has 1 aliphatic rings. The van der Waals surface area contributed by atoms with Crippen LogP contribution < -0.4 is 4.23 Å². The summed E-state index contributed by atoms with van der Waals surface area (Å²) in [6.07, 6.45) is 3.73. The molecule has 0 N–H and O–H groups in total. The lowest BCUT2D eigenvalue weighted by Crippen LogP contribution is -2.55. The SMILES string of the molecule is C[Si]1(C)CC[Si](C)(C)N1c1ccnnc1. The molecule has 0 aromatic carbocycles. The lowest BCUT2D eigenvalue weighted by atomic mass is 10.5. The van der Waals surface area contributed by atoms with Crippen molar-refractivity contribution in [2.75, 3.05) is 4.23 Å². The van der Waals surface area contributed by atoms with Crippen LogP contribution in [0.1, 0.15) is 0 Å². The van der Waals surface area contributed by atoms with Gasteiger partial charge < -0.3 is 4.23 Å². The van der Waals surface area contributed by atoms with E-state index >= 15 is 0 Å². The Hall–Kier alpha value is -0.686. The first kappa shape index (κ1) is 10.8. The summed E-state index contributed by atoms with van der Waals surface area (Å²) >= 11 is 0. The van der Waals surface area contributed by atoms with Gasteiger partial charge in [-0.3, -0.25) is 0 Å². The van der Waals surface area contributed by atoms with Crippen LogP contribution >= 0.6 is 0 Å². The lowest BCUT2D eigenvalue weighted by molar-refractivity contribution is 1.03. The Morgan fingerprint density at radius 2 is 1.67 bits per heavy atom. The third kappa shape index (κ3) is 1.85. The molecule has 1 aromatic rings. The molecule has 0 unspecified atom stereocenters. The Balaban J connectivity index is 2.42. The number of nitrogens with zero attached hydrogens (tertiary/aromatic N) is 3. The molecule has 2 heterocycles. The van der Waals surface area contributed by atoms with Crippen LogP contribution in [0.25, 0.3) is 0 Å². The van der Waals surface area contributed by atoms with Gasteiger partial charge in [0.25, 0.3) is 0 Å². The van der Waals surface area contributed by atoms with Crippen LogP contribution in [-0.4, -0.2) is 26.7 Å². The Bertz CT molecular complexity index is 335. The van der Waals surface area contributed by atoms with E-state index in [1.165, 1.54) is 17.8 Å². The van der Waals surface area contributed by atoms with E-state index in [1.54, 1.807) is 0 Å². The molecule has 1 aromatic heterocycles. The van der Waals surface area contributed by atoms with Crippen molar-refractivity contribution in [3.8, 4) is 0 Å². The predicted molar refractivity (Wildman–Crippen MR) is 69.1 cm³/mol. The molecule has 0 radical (unpaired) electrons. The summed E-state index contributed by atoms with van der Waals surface area (Å²) in [5.74, 6) is 0. The third-order valence-electron chi connectivity index (χ3n) is 3.39. The Kier molecular flexibility index (Phi) is 2.46. The van der Waals surface area contributed by atoms with Crippen molar-refractivity contribution in [1.29, 1.82) is 0 Å². The van der Waals surface area contributed by atoms with E-state index in [4.69, 9.17) is 0 Å². The Morgan fingerprint density at radius 1 is 1.07 bits per heavy atom. The summed E-state index contributed by atoms with van der Waals surface area (Å²) in [5, 5.41) is 7.88. The summed E-state index contributed by atoms with van der Waals surface area (Å²) in [7, 11) is -2.44. The fraction of sp³-hybridized carbons (Fsp3) is 0.600. The summed E-state index contributed by atoms with van der Waals surface area (Å²) < 4.78 is 2.74. The topological polar surface area (TPSA) is 29.0 Å². The molecule has 1 aliphatic heterocycles. The summed E-state index contributed by atoms with van der Waals surface area (Å²) in [4.78, 5) is 0. The molecular weight excluding hydrogens is 218 g/mol. The van der Waals surface area contributed by atoms with E-state index in [2.05, 4.69) is 46.7 Å². The molecule has 0 aliphatic carbocycles. The van der Waals surface area contributed by atoms with Crippen molar-refractivity contribution in [3.05, 3.63) is 18.5 Å². The van der Waals surface area contributed by atoms with Gasteiger partial charge in [-0.15, -0.1) is 0 Å². The van der Waals surface area contributed by atoms with Gasteiger partial charge in [0.1, 0.15) is 16.5 Å². The molecule has 0 saturated carbocycles. The van der Waals surface area contributed by atoms with Gasteiger partial charge in [-0.05, 0) is 18.2 Å². The minimum absolute atomic E-state index is 1.22. The van der Waals surface area contributed by atoms with Crippen molar-refractivity contribution < 1.29 is 0 Å². The van der Waals surface area contributed by atoms with Crippen LogP contribution in [0.4, 0.5) is 5.69 Å². The Labute approximate surface area is 93.7 Å². The maximum absolute atomic E-state index is 4.01. The molecule has 15 heavy (non-hydrogen) atoms. The number of hydrogen-bond acceptors (Lipinski definition) is 3. The number of aromatic nitrogens is 2. The van der Waals surface area contributed by atoms with Crippen molar-refractivity contribution in [1.82, 2.24) is 10.2 Å². The van der Waals surface area contributed by atoms with E-state index in [1.807, 2.05) is 12.4 Å². The van der Waals surface area contributed by atoms with Crippen molar-refractivity contribution >= 4 is 22.2 Å². The van der Waals surface area contributed by atoms with Crippen LogP contribution in [0.2, 0.25) is 38.3 Å². The highest BCUT2D eigenvalue weighted by Crippen LogP contribution is 2.39. The largest absolute Gasteiger partial charge is 0.423 e. The minimum Gasteiger partial charge on any atom is -0.423 e. The Morgan fingerprint density at radius 3 is 2.13 bits per heavy atom. The number of anilines is 1. The second-order valence-electron chi connectivity index (χ2n) is 5.56. The molecule has 1 fully saturated rings. The van der Waals surface area contributed by atoms with Crippen molar-refractivity contribution in [3.63, 3.8) is 0 Å². The van der Waals surface area contributed by atoms with Gasteiger partial charge in [-0.1, -0.05) is 26.2 Å². The zero-order valence-electron chi connectivity index (χ0n) is 9.99. The van der Waals surface area contributed by atoms with Gasteiger partial charge in [0, 0.05) is 5.69 Å². The predicted octanol–water partition coefficient (Wildman–Crippen LogP) is 2.71. The first-order valence-electron chi connectivity index (χ1n) is 5.51. The van der Waals surface area contributed by atoms with Gasteiger partial charge in [0.05, 0.1) is 12.4 Å². The van der Waals surface area contributed by atoms with Crippen LogP contribution in [0.3, 0.4) is 0 Å². The summed E-state index contributed by atoms with van der Waals surface area (Å²) in [5.41, 5.74) is 1.30. The van der Waals surface area contributed by atoms with E-state index in [-0.39, 0.29) is 0 Å². The molecule has 0 spiro atoms. The van der Waals surface area contributed by atoms with Crippen molar-refractivity contribution in [2.24, 2.45) is 0 Å². The molecule has 0 amide bonds. The van der Waals surface area contributed by atoms with E-state index in [0.29, 0.717) is 0 Å². The molecule has 2 rings (SSSR count). The smallest absolute Gasteiger partial charge is 0.141 e. The van der Waals surface area contributed by atoms with Crippen LogP contribution in [-0.2, 0) is 0 Å². The quantitative estimate of drug-likeness (QED) is 0.703. The lowest BCUT2D eigenvalue weighted by Gasteiger charge is -2.40. The van der Waals surface area contributed by atoms with E-state index < -0.39 is 16.5 Å². The van der Waals surface area contributed by atoms with Gasteiger partial charge in [0.2, 0.25) is 0 Å². The third-order valence-corrected chi connectivity index (χ3v) is 13.4. The van der Waals surface area contributed by atoms with Crippen LogP contribution in [0, 0.1) is 0 Å². The molecule has 5 heteroatoms. The first-order valence-corrected chi connectivity index (χ1v) is 11.8. The fourth-order valence-corrected chi connectivity index (χ4v) is 17.0. The zero-order chi connectivity index (χ0) is 11.1. The summed E-state index contributed by atoms with van der Waals surface area (Å²) in [6.45, 7) is 9.87. The first-order chi connectivity index (χ1) is 6.93. The van der Waals surface area contributed by atoms with Gasteiger partial charge in [0.15, 0.2) is 0 Å². The highest BCUT2D eigenvalue weighted by atomic mass is 28.4. The molecule has 82 valence electrons. The highest BCUT2D eigenvalue weighted by Gasteiger charge is 2.47. The number of rotatable bonds is 1.